The summed E-state index contributed by atoms with van der Waals surface area (Å²) >= 11 is 5.66. The van der Waals surface area contributed by atoms with E-state index < -0.39 is 9.85 Å². The van der Waals surface area contributed by atoms with Crippen molar-refractivity contribution in [2.75, 3.05) is 5.32 Å². The number of aromatic nitrogens is 1. The van der Waals surface area contributed by atoms with E-state index in [1.54, 1.807) is 12.1 Å². The van der Waals surface area contributed by atoms with Gasteiger partial charge in [0.25, 0.3) is 5.69 Å². The van der Waals surface area contributed by atoms with Crippen molar-refractivity contribution in [3.05, 3.63) is 67.3 Å². The number of nitro groups is 2. The van der Waals surface area contributed by atoms with Gasteiger partial charge >= 0.3 is 5.69 Å². The fourth-order valence-corrected chi connectivity index (χ4v) is 1.82. The van der Waals surface area contributed by atoms with Crippen molar-refractivity contribution in [1.82, 2.24) is 4.98 Å². The van der Waals surface area contributed by atoms with Crippen molar-refractivity contribution >= 4 is 28.8 Å². The van der Waals surface area contributed by atoms with E-state index in [2.05, 4.69) is 10.3 Å². The maximum Gasteiger partial charge on any atom is 0.312 e. The van der Waals surface area contributed by atoms with Crippen molar-refractivity contribution in [2.24, 2.45) is 0 Å². The van der Waals surface area contributed by atoms with Crippen LogP contribution in [-0.2, 0) is 6.54 Å². The molecular formula is C12H9ClN4O4. The molecule has 8 nitrogen and oxygen atoms in total. The minimum Gasteiger partial charge on any atom is -0.360 e. The molecule has 21 heavy (non-hydrogen) atoms. The minimum atomic E-state index is -0.603. The fourth-order valence-electron chi connectivity index (χ4n) is 1.67. The first-order valence-corrected chi connectivity index (χ1v) is 6.12. The van der Waals surface area contributed by atoms with Crippen LogP contribution in [0.15, 0.2) is 36.5 Å². The molecule has 0 radical (unpaired) electrons. The lowest BCUT2D eigenvalue weighted by molar-refractivity contribution is -0.384. The molecule has 0 bridgehead atoms. The van der Waals surface area contributed by atoms with Crippen molar-refractivity contribution in [2.45, 2.75) is 6.54 Å². The summed E-state index contributed by atoms with van der Waals surface area (Å²) in [6, 6.07) is 7.15. The SMILES string of the molecule is O=[N+]([O-])c1cccc(CNc2ncc(Cl)cc2[N+](=O)[O-])c1. The molecule has 108 valence electrons. The molecule has 1 aromatic carbocycles. The Hall–Kier alpha value is -2.74. The highest BCUT2D eigenvalue weighted by Crippen LogP contribution is 2.25. The van der Waals surface area contributed by atoms with Crippen LogP contribution in [0, 0.1) is 20.2 Å². The Labute approximate surface area is 123 Å². The number of nitro benzene ring substituents is 1. The second-order valence-corrected chi connectivity index (χ2v) is 4.50. The molecule has 0 amide bonds. The number of nitrogens with one attached hydrogen (secondary N) is 1. The number of pyridine rings is 1. The predicted molar refractivity (Wildman–Crippen MR) is 76.3 cm³/mol. The van der Waals surface area contributed by atoms with Gasteiger partial charge in [-0.05, 0) is 5.56 Å². The zero-order chi connectivity index (χ0) is 15.4. The van der Waals surface area contributed by atoms with Crippen LogP contribution in [0.3, 0.4) is 0 Å². The Kier molecular flexibility index (Phi) is 4.29. The quantitative estimate of drug-likeness (QED) is 0.670. The molecule has 2 rings (SSSR count). The van der Waals surface area contributed by atoms with Crippen molar-refractivity contribution < 1.29 is 9.85 Å². The standard InChI is InChI=1S/C12H9ClN4O4/c13-9-5-11(17(20)21)12(15-7-9)14-6-8-2-1-3-10(4-8)16(18)19/h1-5,7H,6H2,(H,14,15). The largest absolute Gasteiger partial charge is 0.360 e. The van der Waals surface area contributed by atoms with Gasteiger partial charge in [0.15, 0.2) is 0 Å². The Morgan fingerprint density at radius 2 is 1.95 bits per heavy atom. The lowest BCUT2D eigenvalue weighted by Crippen LogP contribution is -2.05. The van der Waals surface area contributed by atoms with Crippen LogP contribution in [0.2, 0.25) is 5.02 Å². The molecule has 1 N–H and O–H groups in total. The smallest absolute Gasteiger partial charge is 0.312 e. The molecule has 0 aliphatic rings. The van der Waals surface area contributed by atoms with Gasteiger partial charge in [-0.2, -0.15) is 0 Å². The van der Waals surface area contributed by atoms with Crippen molar-refractivity contribution in [3.8, 4) is 0 Å². The molecule has 0 saturated heterocycles. The first-order chi connectivity index (χ1) is 9.97. The molecule has 1 aromatic heterocycles. The lowest BCUT2D eigenvalue weighted by atomic mass is 10.2. The maximum atomic E-state index is 10.9. The highest BCUT2D eigenvalue weighted by molar-refractivity contribution is 6.30. The van der Waals surface area contributed by atoms with E-state index in [0.717, 1.165) is 0 Å². The number of rotatable bonds is 5. The number of anilines is 1. The number of halogens is 1. The Morgan fingerprint density at radius 1 is 1.19 bits per heavy atom. The topological polar surface area (TPSA) is 111 Å². The third-order valence-corrected chi connectivity index (χ3v) is 2.82. The molecule has 2 aromatic rings. The van der Waals surface area contributed by atoms with Crippen LogP contribution in [0.5, 0.6) is 0 Å². The summed E-state index contributed by atoms with van der Waals surface area (Å²) in [6.45, 7) is 0.164. The zero-order valence-corrected chi connectivity index (χ0v) is 11.3. The average molecular weight is 309 g/mol. The summed E-state index contributed by atoms with van der Waals surface area (Å²) in [6.07, 6.45) is 1.28. The molecule has 9 heteroatoms. The molecule has 0 atom stereocenters. The summed E-state index contributed by atoms with van der Waals surface area (Å²) in [7, 11) is 0. The van der Waals surface area contributed by atoms with E-state index in [-0.39, 0.29) is 28.8 Å². The van der Waals surface area contributed by atoms with Gasteiger partial charge in [0, 0.05) is 30.9 Å². The van der Waals surface area contributed by atoms with Gasteiger partial charge in [-0.1, -0.05) is 23.7 Å². The number of nitrogens with zero attached hydrogens (tertiary/aromatic N) is 3. The van der Waals surface area contributed by atoms with Crippen molar-refractivity contribution in [1.29, 1.82) is 0 Å². The van der Waals surface area contributed by atoms with Crippen molar-refractivity contribution in [3.63, 3.8) is 0 Å². The van der Waals surface area contributed by atoms with Crippen LogP contribution < -0.4 is 5.32 Å². The number of benzene rings is 1. The van der Waals surface area contributed by atoms with Gasteiger partial charge in [-0.25, -0.2) is 4.98 Å². The highest BCUT2D eigenvalue weighted by Gasteiger charge is 2.16. The third kappa shape index (κ3) is 3.63. The van der Waals surface area contributed by atoms with Crippen LogP contribution in [0.4, 0.5) is 17.2 Å². The van der Waals surface area contributed by atoms with Gasteiger partial charge in [0.2, 0.25) is 5.82 Å². The van der Waals surface area contributed by atoms with E-state index in [1.165, 1.54) is 24.4 Å². The van der Waals surface area contributed by atoms with Gasteiger partial charge in [-0.3, -0.25) is 20.2 Å². The summed E-state index contributed by atoms with van der Waals surface area (Å²) in [4.78, 5) is 24.3. The molecule has 1 heterocycles. The lowest BCUT2D eigenvalue weighted by Gasteiger charge is -2.06. The molecule has 0 fully saturated rings. The van der Waals surface area contributed by atoms with Gasteiger partial charge in [0.05, 0.1) is 14.9 Å². The summed E-state index contributed by atoms with van der Waals surface area (Å²) < 4.78 is 0. The molecule has 0 saturated carbocycles. The Balaban J connectivity index is 2.18. The minimum absolute atomic E-state index is 0.0483. The number of hydrogen-bond donors (Lipinski definition) is 1. The maximum absolute atomic E-state index is 10.9. The first-order valence-electron chi connectivity index (χ1n) is 5.74. The molecule has 0 spiro atoms. The Morgan fingerprint density at radius 3 is 2.62 bits per heavy atom. The van der Waals surface area contributed by atoms with E-state index in [1.807, 2.05) is 0 Å². The average Bonchev–Trinajstić information content (AvgIpc) is 2.46. The normalized spacial score (nSPS) is 10.1. The van der Waals surface area contributed by atoms with E-state index in [0.29, 0.717) is 5.56 Å². The molecule has 0 aliphatic heterocycles. The first kappa shape index (κ1) is 14.7. The van der Waals surface area contributed by atoms with Gasteiger partial charge in [0.1, 0.15) is 0 Å². The zero-order valence-electron chi connectivity index (χ0n) is 10.5. The van der Waals surface area contributed by atoms with Crippen LogP contribution in [0.25, 0.3) is 0 Å². The van der Waals surface area contributed by atoms with Crippen LogP contribution in [0.1, 0.15) is 5.56 Å². The second-order valence-electron chi connectivity index (χ2n) is 4.06. The summed E-state index contributed by atoms with van der Waals surface area (Å²) in [5.74, 6) is 0.0518. The fraction of sp³-hybridized carbons (Fsp3) is 0.0833. The predicted octanol–water partition coefficient (Wildman–Crippen LogP) is 3.16. The molecular weight excluding hydrogens is 300 g/mol. The number of hydrogen-bond acceptors (Lipinski definition) is 6. The second kappa shape index (κ2) is 6.14. The van der Waals surface area contributed by atoms with E-state index in [4.69, 9.17) is 11.6 Å². The highest BCUT2D eigenvalue weighted by atomic mass is 35.5. The van der Waals surface area contributed by atoms with Gasteiger partial charge < -0.3 is 5.32 Å². The van der Waals surface area contributed by atoms with Gasteiger partial charge in [-0.15, -0.1) is 0 Å². The van der Waals surface area contributed by atoms with E-state index >= 15 is 0 Å². The Bertz CT molecular complexity index is 707. The third-order valence-electron chi connectivity index (χ3n) is 2.61. The van der Waals surface area contributed by atoms with Crippen LogP contribution >= 0.6 is 11.6 Å². The van der Waals surface area contributed by atoms with Crippen LogP contribution in [-0.4, -0.2) is 14.8 Å². The monoisotopic (exact) mass is 308 g/mol. The molecule has 0 aliphatic carbocycles. The summed E-state index contributed by atoms with van der Waals surface area (Å²) in [5.41, 5.74) is 0.302. The number of non-ortho nitro benzene ring substituents is 1. The molecule has 0 unspecified atom stereocenters. The van der Waals surface area contributed by atoms with E-state index in [9.17, 15) is 20.2 Å². The summed E-state index contributed by atoms with van der Waals surface area (Å²) in [5, 5.41) is 24.5.